The fourth-order valence-corrected chi connectivity index (χ4v) is 3.27. The second kappa shape index (κ2) is 15.2. The van der Waals surface area contributed by atoms with Crippen molar-refractivity contribution in [2.75, 3.05) is 13.1 Å². The number of nitrogens with one attached hydrogen (secondary N) is 3. The smallest absolute Gasteiger partial charge is 0.326 e. The highest BCUT2D eigenvalue weighted by molar-refractivity contribution is 5.92. The number of carboxylic acid groups (broad SMARTS) is 1. The van der Waals surface area contributed by atoms with Gasteiger partial charge in [-0.3, -0.25) is 19.4 Å². The minimum atomic E-state index is -1.28. The number of phenols is 1. The summed E-state index contributed by atoms with van der Waals surface area (Å²) in [6.45, 7) is 3.62. The molecule has 0 spiro atoms. The number of carboxylic acids is 1. The SMILES string of the molecule is CC(C)CC(N)C(=O)NCC(=O)NC(CCCN=C(N)N)C(=O)NC(Cc1ccc(O)cc1)C(=O)O. The normalized spacial score (nSPS) is 13.2. The second-order valence-corrected chi connectivity index (χ2v) is 8.79. The van der Waals surface area contributed by atoms with E-state index in [2.05, 4.69) is 20.9 Å². The fourth-order valence-electron chi connectivity index (χ4n) is 3.27. The molecule has 0 radical (unpaired) electrons. The van der Waals surface area contributed by atoms with Crippen LogP contribution < -0.4 is 33.2 Å². The molecule has 0 saturated heterocycles. The van der Waals surface area contributed by atoms with Gasteiger partial charge in [-0.05, 0) is 42.9 Å². The molecule has 0 heterocycles. The third-order valence-electron chi connectivity index (χ3n) is 5.07. The van der Waals surface area contributed by atoms with Crippen LogP contribution in [0.4, 0.5) is 0 Å². The minimum absolute atomic E-state index is 0.0236. The third kappa shape index (κ3) is 12.0. The van der Waals surface area contributed by atoms with Crippen molar-refractivity contribution in [3.05, 3.63) is 29.8 Å². The average Bonchev–Trinajstić information content (AvgIpc) is 2.79. The first kappa shape index (κ1) is 30.2. The first-order chi connectivity index (χ1) is 16.9. The zero-order chi connectivity index (χ0) is 27.3. The quantitative estimate of drug-likeness (QED) is 0.0784. The molecule has 13 heteroatoms. The number of benzene rings is 1. The van der Waals surface area contributed by atoms with Crippen molar-refractivity contribution in [3.63, 3.8) is 0 Å². The summed E-state index contributed by atoms with van der Waals surface area (Å²) in [6.07, 6.45) is 0.832. The van der Waals surface area contributed by atoms with E-state index in [1.54, 1.807) is 12.1 Å². The van der Waals surface area contributed by atoms with Gasteiger partial charge in [0.25, 0.3) is 0 Å². The number of hydrogen-bond acceptors (Lipinski definition) is 7. The van der Waals surface area contributed by atoms with Crippen molar-refractivity contribution < 1.29 is 29.4 Å². The number of carbonyl (C=O) groups is 4. The van der Waals surface area contributed by atoms with Crippen LogP contribution in [0.2, 0.25) is 0 Å². The van der Waals surface area contributed by atoms with Crippen molar-refractivity contribution in [1.29, 1.82) is 0 Å². The molecule has 200 valence electrons. The molecule has 0 aliphatic carbocycles. The predicted molar refractivity (Wildman–Crippen MR) is 134 cm³/mol. The lowest BCUT2D eigenvalue weighted by Gasteiger charge is -2.22. The molecular formula is C23H37N7O6. The molecule has 0 aliphatic rings. The third-order valence-corrected chi connectivity index (χ3v) is 5.07. The lowest BCUT2D eigenvalue weighted by molar-refractivity contribution is -0.142. The molecule has 1 aromatic carbocycles. The molecule has 3 unspecified atom stereocenters. The van der Waals surface area contributed by atoms with E-state index >= 15 is 0 Å². The van der Waals surface area contributed by atoms with Crippen LogP contribution in [0.3, 0.4) is 0 Å². The predicted octanol–water partition coefficient (Wildman–Crippen LogP) is -1.47. The van der Waals surface area contributed by atoms with E-state index in [0.29, 0.717) is 18.4 Å². The summed E-state index contributed by atoms with van der Waals surface area (Å²) in [5.41, 5.74) is 17.0. The summed E-state index contributed by atoms with van der Waals surface area (Å²) < 4.78 is 0. The molecule has 1 rings (SSSR count). The second-order valence-electron chi connectivity index (χ2n) is 8.79. The van der Waals surface area contributed by atoms with Crippen LogP contribution in [0.15, 0.2) is 29.3 Å². The lowest BCUT2D eigenvalue weighted by Crippen LogP contribution is -2.54. The van der Waals surface area contributed by atoms with Crippen LogP contribution in [0.25, 0.3) is 0 Å². The van der Waals surface area contributed by atoms with E-state index < -0.39 is 48.4 Å². The first-order valence-electron chi connectivity index (χ1n) is 11.6. The number of amides is 3. The Morgan fingerprint density at radius 1 is 1.00 bits per heavy atom. The number of nitrogens with two attached hydrogens (primary N) is 3. The summed E-state index contributed by atoms with van der Waals surface area (Å²) in [5.74, 6) is -3.03. The molecule has 0 saturated carbocycles. The minimum Gasteiger partial charge on any atom is -0.508 e. The summed E-state index contributed by atoms with van der Waals surface area (Å²) >= 11 is 0. The maximum atomic E-state index is 12.9. The number of carbonyl (C=O) groups excluding carboxylic acids is 3. The summed E-state index contributed by atoms with van der Waals surface area (Å²) in [5, 5.41) is 26.4. The van der Waals surface area contributed by atoms with Crippen molar-refractivity contribution >= 4 is 29.7 Å². The fraction of sp³-hybridized carbons (Fsp3) is 0.522. The Hall–Kier alpha value is -3.87. The van der Waals surface area contributed by atoms with Crippen LogP contribution >= 0.6 is 0 Å². The molecule has 0 aliphatic heterocycles. The molecule has 13 nitrogen and oxygen atoms in total. The maximum Gasteiger partial charge on any atom is 0.326 e. The highest BCUT2D eigenvalue weighted by atomic mass is 16.4. The highest BCUT2D eigenvalue weighted by Crippen LogP contribution is 2.12. The molecule has 0 fully saturated rings. The van der Waals surface area contributed by atoms with Gasteiger partial charge >= 0.3 is 5.97 Å². The van der Waals surface area contributed by atoms with Gasteiger partial charge < -0.3 is 43.4 Å². The van der Waals surface area contributed by atoms with Gasteiger partial charge in [-0.25, -0.2) is 4.79 Å². The van der Waals surface area contributed by atoms with E-state index in [9.17, 15) is 29.4 Å². The van der Waals surface area contributed by atoms with Gasteiger partial charge in [0.2, 0.25) is 17.7 Å². The van der Waals surface area contributed by atoms with Crippen LogP contribution in [0.1, 0.15) is 38.7 Å². The number of rotatable bonds is 15. The zero-order valence-electron chi connectivity index (χ0n) is 20.6. The van der Waals surface area contributed by atoms with Crippen molar-refractivity contribution in [3.8, 4) is 5.75 Å². The van der Waals surface area contributed by atoms with Crippen molar-refractivity contribution in [1.82, 2.24) is 16.0 Å². The Labute approximate surface area is 209 Å². The van der Waals surface area contributed by atoms with Crippen LogP contribution in [-0.2, 0) is 25.6 Å². The molecule has 0 bridgehead atoms. The van der Waals surface area contributed by atoms with Gasteiger partial charge in [0.15, 0.2) is 5.96 Å². The van der Waals surface area contributed by atoms with Gasteiger partial charge in [-0.1, -0.05) is 26.0 Å². The van der Waals surface area contributed by atoms with Gasteiger partial charge in [0.1, 0.15) is 17.8 Å². The highest BCUT2D eigenvalue weighted by Gasteiger charge is 2.27. The van der Waals surface area contributed by atoms with Crippen LogP contribution in [-0.4, -0.2) is 71.1 Å². The Balaban J connectivity index is 2.83. The standard InChI is InChI=1S/C23H37N7O6/c1-13(2)10-16(24)20(33)28-12-19(32)29-17(4-3-9-27-23(25)26)21(34)30-18(22(35)36)11-14-5-7-15(31)8-6-14/h5-8,13,16-18,31H,3-4,9-12,24H2,1-2H3,(H,28,33)(H,29,32)(H,30,34)(H,35,36)(H4,25,26,27). The summed E-state index contributed by atoms with van der Waals surface area (Å²) in [7, 11) is 0. The van der Waals surface area contributed by atoms with Gasteiger partial charge in [0, 0.05) is 13.0 Å². The molecule has 0 aromatic heterocycles. The zero-order valence-corrected chi connectivity index (χ0v) is 20.6. The van der Waals surface area contributed by atoms with E-state index in [-0.39, 0.29) is 37.0 Å². The number of hydrogen-bond donors (Lipinski definition) is 8. The number of aromatic hydroxyl groups is 1. The van der Waals surface area contributed by atoms with Crippen LogP contribution in [0.5, 0.6) is 5.75 Å². The topological polar surface area (TPSA) is 235 Å². The number of aliphatic imine (C=N–C) groups is 1. The van der Waals surface area contributed by atoms with Gasteiger partial charge in [-0.15, -0.1) is 0 Å². The molecule has 36 heavy (non-hydrogen) atoms. The molecule has 1 aromatic rings. The summed E-state index contributed by atoms with van der Waals surface area (Å²) in [6, 6.07) is 2.74. The Morgan fingerprint density at radius 2 is 1.64 bits per heavy atom. The van der Waals surface area contributed by atoms with Gasteiger partial charge in [-0.2, -0.15) is 0 Å². The van der Waals surface area contributed by atoms with Crippen LogP contribution in [0, 0.1) is 5.92 Å². The number of phenolic OH excluding ortho intramolecular Hbond substituents is 1. The summed E-state index contributed by atoms with van der Waals surface area (Å²) in [4.78, 5) is 53.0. The maximum absolute atomic E-state index is 12.9. The molecule has 3 amide bonds. The van der Waals surface area contributed by atoms with E-state index in [0.717, 1.165) is 0 Å². The average molecular weight is 508 g/mol. The molecule has 11 N–H and O–H groups in total. The lowest BCUT2D eigenvalue weighted by atomic mass is 10.0. The van der Waals surface area contributed by atoms with E-state index in [1.807, 2.05) is 13.8 Å². The molecular weight excluding hydrogens is 470 g/mol. The number of nitrogens with zero attached hydrogens (tertiary/aromatic N) is 1. The van der Waals surface area contributed by atoms with Crippen molar-refractivity contribution in [2.45, 2.75) is 57.7 Å². The monoisotopic (exact) mass is 507 g/mol. The number of guanidine groups is 1. The molecule has 3 atom stereocenters. The van der Waals surface area contributed by atoms with Crippen molar-refractivity contribution in [2.24, 2.45) is 28.1 Å². The Bertz CT molecular complexity index is 916. The van der Waals surface area contributed by atoms with Gasteiger partial charge in [0.05, 0.1) is 12.6 Å². The first-order valence-corrected chi connectivity index (χ1v) is 11.6. The largest absolute Gasteiger partial charge is 0.508 e. The van der Waals surface area contributed by atoms with E-state index in [1.165, 1.54) is 12.1 Å². The number of aliphatic carboxylic acids is 1. The van der Waals surface area contributed by atoms with E-state index in [4.69, 9.17) is 17.2 Å². The Kier molecular flexibility index (Phi) is 12.7. The Morgan fingerprint density at radius 3 is 2.19 bits per heavy atom.